The first-order valence-electron chi connectivity index (χ1n) is 9.83. The van der Waals surface area contributed by atoms with Gasteiger partial charge in [-0.2, -0.15) is 0 Å². The summed E-state index contributed by atoms with van der Waals surface area (Å²) >= 11 is 0. The highest BCUT2D eigenvalue weighted by molar-refractivity contribution is 6.36. The third-order valence-electron chi connectivity index (χ3n) is 4.59. The molecule has 1 aliphatic heterocycles. The van der Waals surface area contributed by atoms with Crippen LogP contribution in [0.25, 0.3) is 5.57 Å². The number of anilines is 1. The zero-order chi connectivity index (χ0) is 20.8. The normalized spacial score (nSPS) is 13.8. The molecular formula is C23H26N2O4. The van der Waals surface area contributed by atoms with E-state index in [2.05, 4.69) is 5.32 Å². The summed E-state index contributed by atoms with van der Waals surface area (Å²) in [5.74, 6) is 0.862. The Morgan fingerprint density at radius 3 is 2.10 bits per heavy atom. The van der Waals surface area contributed by atoms with Gasteiger partial charge in [-0.15, -0.1) is 0 Å². The van der Waals surface area contributed by atoms with Crippen LogP contribution in [0, 0.1) is 0 Å². The Hall–Kier alpha value is -3.28. The van der Waals surface area contributed by atoms with E-state index in [0.29, 0.717) is 42.1 Å². The van der Waals surface area contributed by atoms with E-state index in [4.69, 9.17) is 9.47 Å². The first-order chi connectivity index (χ1) is 14.1. The molecule has 0 aliphatic carbocycles. The number of methoxy groups -OCH3 is 1. The number of imide groups is 1. The van der Waals surface area contributed by atoms with Crippen molar-refractivity contribution < 1.29 is 19.1 Å². The molecule has 3 rings (SSSR count). The number of carbonyl (C=O) groups excluding carboxylic acids is 2. The van der Waals surface area contributed by atoms with Gasteiger partial charge in [-0.25, -0.2) is 0 Å². The molecule has 2 aromatic rings. The summed E-state index contributed by atoms with van der Waals surface area (Å²) in [7, 11) is 1.60. The summed E-state index contributed by atoms with van der Waals surface area (Å²) in [6, 6.07) is 14.5. The molecule has 152 valence electrons. The van der Waals surface area contributed by atoms with Gasteiger partial charge in [0.2, 0.25) is 0 Å². The van der Waals surface area contributed by atoms with Crippen molar-refractivity contribution in [2.45, 2.75) is 26.7 Å². The van der Waals surface area contributed by atoms with Gasteiger partial charge in [0.1, 0.15) is 17.2 Å². The Morgan fingerprint density at radius 2 is 1.52 bits per heavy atom. The smallest absolute Gasteiger partial charge is 0.278 e. The lowest BCUT2D eigenvalue weighted by atomic mass is 10.0. The van der Waals surface area contributed by atoms with Crippen LogP contribution in [-0.2, 0) is 9.59 Å². The number of carbonyl (C=O) groups is 2. The molecule has 1 heterocycles. The second-order valence-electron chi connectivity index (χ2n) is 6.74. The van der Waals surface area contributed by atoms with Crippen molar-refractivity contribution in [1.29, 1.82) is 0 Å². The number of amides is 2. The maximum atomic E-state index is 13.0. The quantitative estimate of drug-likeness (QED) is 0.649. The standard InChI is InChI=1S/C23H26N2O4/c1-4-14-25-22(26)20(16-6-10-19(11-7-16)29-15-5-2)21(23(25)27)24-17-8-12-18(28-3)13-9-17/h6-13,24H,4-5,14-15H2,1-3H3. The van der Waals surface area contributed by atoms with Gasteiger partial charge in [0.25, 0.3) is 11.8 Å². The lowest BCUT2D eigenvalue weighted by Gasteiger charge is -2.13. The number of ether oxygens (including phenoxy) is 2. The third-order valence-corrected chi connectivity index (χ3v) is 4.59. The van der Waals surface area contributed by atoms with Crippen molar-refractivity contribution in [3.8, 4) is 11.5 Å². The van der Waals surface area contributed by atoms with E-state index in [1.807, 2.05) is 50.2 Å². The van der Waals surface area contributed by atoms with Crippen LogP contribution in [0.3, 0.4) is 0 Å². The van der Waals surface area contributed by atoms with Crippen molar-refractivity contribution in [2.24, 2.45) is 0 Å². The van der Waals surface area contributed by atoms with Crippen molar-refractivity contribution in [3.63, 3.8) is 0 Å². The van der Waals surface area contributed by atoms with Crippen molar-refractivity contribution in [2.75, 3.05) is 25.6 Å². The lowest BCUT2D eigenvalue weighted by molar-refractivity contribution is -0.136. The monoisotopic (exact) mass is 394 g/mol. The van der Waals surface area contributed by atoms with Gasteiger partial charge in [0.05, 0.1) is 19.3 Å². The molecule has 0 spiro atoms. The first-order valence-corrected chi connectivity index (χ1v) is 9.83. The minimum Gasteiger partial charge on any atom is -0.497 e. The molecule has 0 fully saturated rings. The third kappa shape index (κ3) is 4.42. The van der Waals surface area contributed by atoms with Gasteiger partial charge in [0.15, 0.2) is 0 Å². The van der Waals surface area contributed by atoms with E-state index in [1.54, 1.807) is 19.2 Å². The van der Waals surface area contributed by atoms with E-state index in [9.17, 15) is 9.59 Å². The number of benzene rings is 2. The van der Waals surface area contributed by atoms with Gasteiger partial charge in [-0.3, -0.25) is 14.5 Å². The topological polar surface area (TPSA) is 67.9 Å². The molecule has 0 saturated heterocycles. The average Bonchev–Trinajstić information content (AvgIpc) is 2.98. The fourth-order valence-corrected chi connectivity index (χ4v) is 3.14. The van der Waals surface area contributed by atoms with Gasteiger partial charge >= 0.3 is 0 Å². The van der Waals surface area contributed by atoms with Gasteiger partial charge in [-0.1, -0.05) is 26.0 Å². The number of hydrogen-bond donors (Lipinski definition) is 1. The Kier molecular flexibility index (Phi) is 6.54. The van der Waals surface area contributed by atoms with Gasteiger partial charge in [0, 0.05) is 12.2 Å². The summed E-state index contributed by atoms with van der Waals surface area (Å²) < 4.78 is 10.8. The number of rotatable bonds is 9. The zero-order valence-corrected chi connectivity index (χ0v) is 17.0. The highest BCUT2D eigenvalue weighted by atomic mass is 16.5. The predicted molar refractivity (Wildman–Crippen MR) is 113 cm³/mol. The second-order valence-corrected chi connectivity index (χ2v) is 6.74. The molecule has 0 aromatic heterocycles. The highest BCUT2D eigenvalue weighted by Gasteiger charge is 2.38. The molecule has 6 nitrogen and oxygen atoms in total. The summed E-state index contributed by atoms with van der Waals surface area (Å²) in [6.07, 6.45) is 1.62. The van der Waals surface area contributed by atoms with Crippen molar-refractivity contribution in [1.82, 2.24) is 4.90 Å². The molecule has 29 heavy (non-hydrogen) atoms. The molecule has 2 amide bonds. The maximum Gasteiger partial charge on any atom is 0.278 e. The number of hydrogen-bond acceptors (Lipinski definition) is 5. The predicted octanol–water partition coefficient (Wildman–Crippen LogP) is 4.09. The molecule has 6 heteroatoms. The molecular weight excluding hydrogens is 368 g/mol. The second kappa shape index (κ2) is 9.28. The van der Waals surface area contributed by atoms with Crippen LogP contribution in [0.4, 0.5) is 5.69 Å². The lowest BCUT2D eigenvalue weighted by Crippen LogP contribution is -2.33. The van der Waals surface area contributed by atoms with E-state index in [0.717, 1.165) is 12.2 Å². The fraction of sp³-hybridized carbons (Fsp3) is 0.304. The van der Waals surface area contributed by atoms with Crippen molar-refractivity contribution in [3.05, 3.63) is 59.8 Å². The Bertz CT molecular complexity index is 901. The molecule has 0 unspecified atom stereocenters. The van der Waals surface area contributed by atoms with E-state index in [1.165, 1.54) is 4.90 Å². The van der Waals surface area contributed by atoms with Gasteiger partial charge < -0.3 is 14.8 Å². The maximum absolute atomic E-state index is 13.0. The minimum absolute atomic E-state index is 0.282. The minimum atomic E-state index is -0.311. The van der Waals surface area contributed by atoms with E-state index in [-0.39, 0.29) is 17.5 Å². The molecule has 0 radical (unpaired) electrons. The summed E-state index contributed by atoms with van der Waals surface area (Å²) in [4.78, 5) is 27.3. The van der Waals surface area contributed by atoms with Gasteiger partial charge in [-0.05, 0) is 54.8 Å². The summed E-state index contributed by atoms with van der Waals surface area (Å²) in [5.41, 5.74) is 2.06. The van der Waals surface area contributed by atoms with Crippen LogP contribution >= 0.6 is 0 Å². The molecule has 0 bridgehead atoms. The zero-order valence-electron chi connectivity index (χ0n) is 17.0. The van der Waals surface area contributed by atoms with Crippen LogP contribution in [0.2, 0.25) is 0 Å². The molecule has 1 aliphatic rings. The van der Waals surface area contributed by atoms with Crippen LogP contribution in [-0.4, -0.2) is 37.0 Å². The Labute approximate surface area is 171 Å². The average molecular weight is 394 g/mol. The molecule has 0 saturated carbocycles. The van der Waals surface area contributed by atoms with Crippen LogP contribution in [0.1, 0.15) is 32.3 Å². The van der Waals surface area contributed by atoms with Crippen LogP contribution in [0.15, 0.2) is 54.2 Å². The Morgan fingerprint density at radius 1 is 0.862 bits per heavy atom. The van der Waals surface area contributed by atoms with E-state index < -0.39 is 0 Å². The fourth-order valence-electron chi connectivity index (χ4n) is 3.14. The van der Waals surface area contributed by atoms with Crippen molar-refractivity contribution >= 4 is 23.1 Å². The summed E-state index contributed by atoms with van der Waals surface area (Å²) in [5, 5.41) is 3.14. The number of nitrogens with zero attached hydrogens (tertiary/aromatic N) is 1. The molecule has 1 N–H and O–H groups in total. The van der Waals surface area contributed by atoms with Crippen LogP contribution in [0.5, 0.6) is 11.5 Å². The molecule has 2 aromatic carbocycles. The summed E-state index contributed by atoms with van der Waals surface area (Å²) in [6.45, 7) is 5.00. The number of nitrogens with one attached hydrogen (secondary N) is 1. The first kappa shape index (κ1) is 20.5. The van der Waals surface area contributed by atoms with E-state index >= 15 is 0 Å². The highest BCUT2D eigenvalue weighted by Crippen LogP contribution is 2.31. The Balaban J connectivity index is 1.96. The largest absolute Gasteiger partial charge is 0.497 e. The molecule has 0 atom stereocenters. The van der Waals surface area contributed by atoms with Crippen LogP contribution < -0.4 is 14.8 Å². The SMILES string of the molecule is CCCOc1ccc(C2=C(Nc3ccc(OC)cc3)C(=O)N(CCC)C2=O)cc1.